The fraction of sp³-hybridized carbons (Fsp3) is 0.625. The predicted molar refractivity (Wildman–Crippen MR) is 81.1 cm³/mol. The average Bonchev–Trinajstić information content (AvgIpc) is 2.47. The van der Waals surface area contributed by atoms with E-state index in [0.29, 0.717) is 18.1 Å². The van der Waals surface area contributed by atoms with Crippen LogP contribution in [0.2, 0.25) is 0 Å². The molecule has 1 aromatic rings. The van der Waals surface area contributed by atoms with Crippen molar-refractivity contribution in [2.45, 2.75) is 43.7 Å². The molecule has 0 bridgehead atoms. The molecule has 19 heavy (non-hydrogen) atoms. The third-order valence-electron chi connectivity index (χ3n) is 4.67. The van der Waals surface area contributed by atoms with Gasteiger partial charge in [-0.2, -0.15) is 0 Å². The van der Waals surface area contributed by atoms with Crippen LogP contribution in [0.3, 0.4) is 0 Å². The first-order valence-electron chi connectivity index (χ1n) is 7.22. The highest BCUT2D eigenvalue weighted by Crippen LogP contribution is 2.38. The summed E-state index contributed by atoms with van der Waals surface area (Å²) in [6, 6.07) is 11.7. The molecule has 3 heteroatoms. The van der Waals surface area contributed by atoms with Gasteiger partial charge in [-0.25, -0.2) is 0 Å². The number of piperidine rings is 2. The van der Waals surface area contributed by atoms with E-state index in [-0.39, 0.29) is 12.4 Å². The number of halogens is 1. The molecule has 0 aromatic heterocycles. The van der Waals surface area contributed by atoms with Crippen molar-refractivity contribution in [2.75, 3.05) is 20.2 Å². The van der Waals surface area contributed by atoms with Gasteiger partial charge in [-0.15, -0.1) is 12.4 Å². The summed E-state index contributed by atoms with van der Waals surface area (Å²) in [5.41, 5.74) is 1.46. The Hall–Kier alpha value is -0.570. The Morgan fingerprint density at radius 3 is 2.58 bits per heavy atom. The van der Waals surface area contributed by atoms with Crippen LogP contribution in [0.4, 0.5) is 0 Å². The van der Waals surface area contributed by atoms with Crippen LogP contribution in [0.15, 0.2) is 30.3 Å². The molecule has 0 N–H and O–H groups in total. The first-order chi connectivity index (χ1) is 8.90. The summed E-state index contributed by atoms with van der Waals surface area (Å²) in [6.07, 6.45) is 5.65. The smallest absolute Gasteiger partial charge is 0.0667 e. The molecule has 1 aromatic carbocycles. The van der Waals surface area contributed by atoms with Gasteiger partial charge in [-0.3, -0.25) is 4.90 Å². The van der Waals surface area contributed by atoms with E-state index in [2.05, 4.69) is 35.2 Å². The standard InChI is InChI=1S/C16H23NO.ClH/c1-18-15-10-12-17-11-6-5-9-14(17)16(15)13-7-3-2-4-8-13;/h2-4,7-8,14-16H,5-6,9-12H2,1H3;1H/t14-,15+,16-;/m1./s1. The van der Waals surface area contributed by atoms with Crippen LogP contribution in [0.1, 0.15) is 37.2 Å². The molecule has 3 rings (SSSR count). The molecule has 2 nitrogen and oxygen atoms in total. The Kier molecular flexibility index (Phi) is 5.26. The minimum absolute atomic E-state index is 0. The Balaban J connectivity index is 0.00000133. The molecule has 0 unspecified atom stereocenters. The second-order valence-electron chi connectivity index (χ2n) is 5.60. The molecule has 106 valence electrons. The van der Waals surface area contributed by atoms with Gasteiger partial charge in [0.1, 0.15) is 0 Å². The van der Waals surface area contributed by atoms with Crippen molar-refractivity contribution < 1.29 is 4.74 Å². The quantitative estimate of drug-likeness (QED) is 0.823. The number of rotatable bonds is 2. The molecule has 2 fully saturated rings. The van der Waals surface area contributed by atoms with Crippen LogP contribution < -0.4 is 0 Å². The van der Waals surface area contributed by atoms with Gasteiger partial charge < -0.3 is 4.74 Å². The molecule has 2 aliphatic rings. The first-order valence-corrected chi connectivity index (χ1v) is 7.22. The molecule has 0 amide bonds. The summed E-state index contributed by atoms with van der Waals surface area (Å²) >= 11 is 0. The molecular formula is C16H24ClNO. The highest BCUT2D eigenvalue weighted by molar-refractivity contribution is 5.85. The first kappa shape index (κ1) is 14.8. The van der Waals surface area contributed by atoms with Crippen LogP contribution in [0.5, 0.6) is 0 Å². The molecule has 2 saturated heterocycles. The Morgan fingerprint density at radius 2 is 1.84 bits per heavy atom. The summed E-state index contributed by atoms with van der Waals surface area (Å²) in [4.78, 5) is 2.69. The van der Waals surface area contributed by atoms with E-state index >= 15 is 0 Å². The van der Waals surface area contributed by atoms with E-state index in [1.165, 1.54) is 44.3 Å². The van der Waals surface area contributed by atoms with E-state index in [4.69, 9.17) is 4.74 Å². The highest BCUT2D eigenvalue weighted by Gasteiger charge is 2.39. The molecule has 2 aliphatic heterocycles. The lowest BCUT2D eigenvalue weighted by Gasteiger charge is -2.47. The van der Waals surface area contributed by atoms with Crippen LogP contribution >= 0.6 is 12.4 Å². The van der Waals surface area contributed by atoms with Gasteiger partial charge in [-0.1, -0.05) is 36.8 Å². The van der Waals surface area contributed by atoms with Gasteiger partial charge in [0, 0.05) is 25.6 Å². The zero-order valence-electron chi connectivity index (χ0n) is 11.6. The van der Waals surface area contributed by atoms with Gasteiger partial charge in [0.15, 0.2) is 0 Å². The van der Waals surface area contributed by atoms with Gasteiger partial charge in [0.25, 0.3) is 0 Å². The Morgan fingerprint density at radius 1 is 1.05 bits per heavy atom. The number of benzene rings is 1. The predicted octanol–water partition coefficient (Wildman–Crippen LogP) is 3.47. The molecular weight excluding hydrogens is 258 g/mol. The van der Waals surface area contributed by atoms with Crippen LogP contribution in [-0.4, -0.2) is 37.2 Å². The number of nitrogens with zero attached hydrogens (tertiary/aromatic N) is 1. The van der Waals surface area contributed by atoms with Crippen molar-refractivity contribution in [1.29, 1.82) is 0 Å². The Bertz CT molecular complexity index is 384. The largest absolute Gasteiger partial charge is 0.381 e. The summed E-state index contributed by atoms with van der Waals surface area (Å²) in [6.45, 7) is 2.50. The third-order valence-corrected chi connectivity index (χ3v) is 4.67. The van der Waals surface area contributed by atoms with Crippen LogP contribution in [-0.2, 0) is 4.74 Å². The lowest BCUT2D eigenvalue weighted by Crippen LogP contribution is -2.52. The van der Waals surface area contributed by atoms with Crippen LogP contribution in [0, 0.1) is 0 Å². The van der Waals surface area contributed by atoms with Crippen molar-refractivity contribution in [1.82, 2.24) is 4.90 Å². The minimum atomic E-state index is 0. The second-order valence-corrected chi connectivity index (χ2v) is 5.60. The van der Waals surface area contributed by atoms with Gasteiger partial charge in [-0.05, 0) is 31.4 Å². The van der Waals surface area contributed by atoms with Crippen molar-refractivity contribution in [3.63, 3.8) is 0 Å². The highest BCUT2D eigenvalue weighted by atomic mass is 35.5. The molecule has 0 saturated carbocycles. The maximum absolute atomic E-state index is 5.78. The monoisotopic (exact) mass is 281 g/mol. The maximum Gasteiger partial charge on any atom is 0.0667 e. The van der Waals surface area contributed by atoms with Gasteiger partial charge in [0.05, 0.1) is 6.10 Å². The van der Waals surface area contributed by atoms with Crippen molar-refractivity contribution in [3.8, 4) is 0 Å². The fourth-order valence-corrected chi connectivity index (χ4v) is 3.80. The molecule has 0 radical (unpaired) electrons. The van der Waals surface area contributed by atoms with E-state index in [1.54, 1.807) is 0 Å². The zero-order valence-corrected chi connectivity index (χ0v) is 12.4. The van der Waals surface area contributed by atoms with Crippen molar-refractivity contribution in [3.05, 3.63) is 35.9 Å². The SMILES string of the molecule is CO[C@H]1CCN2CCCC[C@@H]2[C@H]1c1ccccc1.Cl. The summed E-state index contributed by atoms with van der Waals surface area (Å²) in [5.74, 6) is 0.560. The third kappa shape index (κ3) is 2.96. The van der Waals surface area contributed by atoms with Gasteiger partial charge >= 0.3 is 0 Å². The van der Waals surface area contributed by atoms with Gasteiger partial charge in [0.2, 0.25) is 0 Å². The number of ether oxygens (including phenoxy) is 1. The van der Waals surface area contributed by atoms with E-state index in [0.717, 1.165) is 0 Å². The normalized spacial score (nSPS) is 31.3. The molecule has 0 spiro atoms. The lowest BCUT2D eigenvalue weighted by molar-refractivity contribution is -0.0226. The van der Waals surface area contributed by atoms with Crippen molar-refractivity contribution in [2.24, 2.45) is 0 Å². The second kappa shape index (κ2) is 6.74. The summed E-state index contributed by atoms with van der Waals surface area (Å²) in [7, 11) is 1.87. The van der Waals surface area contributed by atoms with Crippen molar-refractivity contribution >= 4 is 12.4 Å². The summed E-state index contributed by atoms with van der Waals surface area (Å²) < 4.78 is 5.78. The fourth-order valence-electron chi connectivity index (χ4n) is 3.80. The number of methoxy groups -OCH3 is 1. The molecule has 2 heterocycles. The topological polar surface area (TPSA) is 12.5 Å². The van der Waals surface area contributed by atoms with E-state index in [9.17, 15) is 0 Å². The lowest BCUT2D eigenvalue weighted by atomic mass is 9.77. The average molecular weight is 282 g/mol. The van der Waals surface area contributed by atoms with E-state index in [1.807, 2.05) is 7.11 Å². The maximum atomic E-state index is 5.78. The molecule has 3 atom stereocenters. The minimum Gasteiger partial charge on any atom is -0.381 e. The zero-order chi connectivity index (χ0) is 12.4. The number of hydrogen-bond acceptors (Lipinski definition) is 2. The molecule has 0 aliphatic carbocycles. The number of hydrogen-bond donors (Lipinski definition) is 0. The van der Waals surface area contributed by atoms with E-state index < -0.39 is 0 Å². The van der Waals surface area contributed by atoms with Crippen LogP contribution in [0.25, 0.3) is 0 Å². The number of fused-ring (bicyclic) bond motifs is 1. The Labute approximate surface area is 122 Å². The summed E-state index contributed by atoms with van der Waals surface area (Å²) in [5, 5.41) is 0.